The lowest BCUT2D eigenvalue weighted by Crippen LogP contribution is -2.20. The van der Waals surface area contributed by atoms with Crippen LogP contribution in [0.3, 0.4) is 0 Å². The maximum Gasteiger partial charge on any atom is 0.416 e. The molecule has 0 unspecified atom stereocenters. The molecule has 186 valence electrons. The number of rotatable bonds is 5. The summed E-state index contributed by atoms with van der Waals surface area (Å²) in [6.07, 6.45) is -9.94. The molecule has 1 amide bonds. The predicted octanol–water partition coefficient (Wildman–Crippen LogP) is 7.37. The standard InChI is InChI=1S/C22H18F6N4OS2/c1-11(2)19-32-17(10-35-19)18(33)29-14-3-5-15(6-4-14)30-20(34)31-16-8-12(21(23,24)25)7-13(9-16)22(26,27)28/h3-11H,1-2H3,(H,29,33)(H2,30,31,34). The number of hydrogen-bond donors (Lipinski definition) is 3. The van der Waals surface area contributed by atoms with Crippen LogP contribution in [-0.4, -0.2) is 16.0 Å². The Morgan fingerprint density at radius 2 is 1.34 bits per heavy atom. The summed E-state index contributed by atoms with van der Waals surface area (Å²) in [4.78, 5) is 16.6. The van der Waals surface area contributed by atoms with Gasteiger partial charge in [0.1, 0.15) is 5.69 Å². The number of hydrogen-bond acceptors (Lipinski definition) is 4. The molecule has 1 heterocycles. The zero-order valence-electron chi connectivity index (χ0n) is 18.1. The van der Waals surface area contributed by atoms with Gasteiger partial charge in [-0.25, -0.2) is 4.98 Å². The van der Waals surface area contributed by atoms with Crippen molar-refractivity contribution in [2.75, 3.05) is 16.0 Å². The number of carbonyl (C=O) groups is 1. The highest BCUT2D eigenvalue weighted by atomic mass is 32.1. The highest BCUT2D eigenvalue weighted by molar-refractivity contribution is 7.80. The van der Waals surface area contributed by atoms with E-state index in [0.717, 1.165) is 5.01 Å². The van der Waals surface area contributed by atoms with Crippen LogP contribution in [0.25, 0.3) is 0 Å². The molecule has 0 saturated carbocycles. The highest BCUT2D eigenvalue weighted by Gasteiger charge is 2.37. The Balaban J connectivity index is 1.66. The van der Waals surface area contributed by atoms with Crippen LogP contribution in [0.15, 0.2) is 47.8 Å². The minimum Gasteiger partial charge on any atom is -0.332 e. The molecule has 0 fully saturated rings. The molecule has 2 aromatic carbocycles. The van der Waals surface area contributed by atoms with Crippen LogP contribution in [-0.2, 0) is 12.4 Å². The molecule has 1 aromatic heterocycles. The first-order valence-electron chi connectivity index (χ1n) is 9.96. The fraction of sp³-hybridized carbons (Fsp3) is 0.227. The summed E-state index contributed by atoms with van der Waals surface area (Å²) in [6.45, 7) is 3.93. The molecule has 0 aliphatic carbocycles. The second-order valence-corrected chi connectivity index (χ2v) is 8.93. The number of aromatic nitrogens is 1. The number of amides is 1. The molecule has 0 saturated heterocycles. The van der Waals surface area contributed by atoms with Gasteiger partial charge in [-0.1, -0.05) is 13.8 Å². The lowest BCUT2D eigenvalue weighted by molar-refractivity contribution is -0.143. The van der Waals surface area contributed by atoms with Crippen molar-refractivity contribution in [3.05, 3.63) is 69.7 Å². The first-order chi connectivity index (χ1) is 16.2. The number of nitrogens with zero attached hydrogens (tertiary/aromatic N) is 1. The van der Waals surface area contributed by atoms with Crippen molar-refractivity contribution in [2.24, 2.45) is 0 Å². The minimum absolute atomic E-state index is 0.0317. The van der Waals surface area contributed by atoms with E-state index in [0.29, 0.717) is 23.5 Å². The van der Waals surface area contributed by atoms with E-state index in [4.69, 9.17) is 12.2 Å². The first-order valence-corrected chi connectivity index (χ1v) is 11.3. The van der Waals surface area contributed by atoms with Gasteiger partial charge >= 0.3 is 12.4 Å². The molecular weight excluding hydrogens is 514 g/mol. The van der Waals surface area contributed by atoms with E-state index in [2.05, 4.69) is 20.9 Å². The third-order valence-corrected chi connectivity index (χ3v) is 5.84. The average molecular weight is 533 g/mol. The van der Waals surface area contributed by atoms with Crippen LogP contribution in [0.4, 0.5) is 43.4 Å². The molecule has 0 bridgehead atoms. The quantitative estimate of drug-likeness (QED) is 0.237. The average Bonchev–Trinajstić information content (AvgIpc) is 3.24. The zero-order chi connectivity index (χ0) is 26.0. The Bertz CT molecular complexity index is 1190. The second kappa shape index (κ2) is 10.2. The SMILES string of the molecule is CC(C)c1nc(C(=O)Nc2ccc(NC(=S)Nc3cc(C(F)(F)F)cc(C(F)(F)F)c3)cc2)cs1. The molecule has 0 spiro atoms. The molecule has 5 nitrogen and oxygen atoms in total. The lowest BCUT2D eigenvalue weighted by Gasteiger charge is -2.16. The summed E-state index contributed by atoms with van der Waals surface area (Å²) in [7, 11) is 0. The van der Waals surface area contributed by atoms with Crippen molar-refractivity contribution >= 4 is 51.6 Å². The van der Waals surface area contributed by atoms with Crippen molar-refractivity contribution < 1.29 is 31.1 Å². The molecule has 0 aliphatic heterocycles. The number of benzene rings is 2. The summed E-state index contributed by atoms with van der Waals surface area (Å²) >= 11 is 6.40. The Kier molecular flexibility index (Phi) is 7.70. The van der Waals surface area contributed by atoms with E-state index in [-0.39, 0.29) is 22.8 Å². The van der Waals surface area contributed by atoms with E-state index in [1.807, 2.05) is 13.8 Å². The Labute approximate surface area is 205 Å². The number of carbonyl (C=O) groups excluding carboxylic acids is 1. The maximum atomic E-state index is 13.0. The number of thiazole rings is 1. The maximum absolute atomic E-state index is 13.0. The molecule has 13 heteroatoms. The van der Waals surface area contributed by atoms with Crippen molar-refractivity contribution in [3.8, 4) is 0 Å². The monoisotopic (exact) mass is 532 g/mol. The molecule has 0 radical (unpaired) electrons. The zero-order valence-corrected chi connectivity index (χ0v) is 19.8. The van der Waals surface area contributed by atoms with Crippen molar-refractivity contribution in [3.63, 3.8) is 0 Å². The van der Waals surface area contributed by atoms with Crippen molar-refractivity contribution in [2.45, 2.75) is 32.1 Å². The molecular formula is C22H18F6N4OS2. The van der Waals surface area contributed by atoms with Gasteiger partial charge in [0.15, 0.2) is 5.11 Å². The minimum atomic E-state index is -4.97. The summed E-state index contributed by atoms with van der Waals surface area (Å²) in [5.74, 6) is -0.198. The predicted molar refractivity (Wildman–Crippen MR) is 127 cm³/mol. The number of nitrogens with one attached hydrogen (secondary N) is 3. The van der Waals surface area contributed by atoms with E-state index in [1.165, 1.54) is 23.5 Å². The van der Waals surface area contributed by atoms with Crippen molar-refractivity contribution in [1.82, 2.24) is 4.98 Å². The van der Waals surface area contributed by atoms with Crippen LogP contribution in [0, 0.1) is 0 Å². The number of anilines is 3. The summed E-state index contributed by atoms with van der Waals surface area (Å²) in [6, 6.07) is 7.24. The fourth-order valence-electron chi connectivity index (χ4n) is 2.81. The molecule has 35 heavy (non-hydrogen) atoms. The fourth-order valence-corrected chi connectivity index (χ4v) is 3.86. The third kappa shape index (κ3) is 7.15. The van der Waals surface area contributed by atoms with Crippen molar-refractivity contribution in [1.29, 1.82) is 0 Å². The van der Waals surface area contributed by atoms with Gasteiger partial charge in [0.25, 0.3) is 5.91 Å². The largest absolute Gasteiger partial charge is 0.416 e. The van der Waals surface area contributed by atoms with Gasteiger partial charge in [-0.3, -0.25) is 4.79 Å². The van der Waals surface area contributed by atoms with Gasteiger partial charge in [0, 0.05) is 28.4 Å². The van der Waals surface area contributed by atoms with Crippen LogP contribution >= 0.6 is 23.6 Å². The molecule has 0 atom stereocenters. The van der Waals surface area contributed by atoms with E-state index < -0.39 is 35.1 Å². The Hall–Kier alpha value is -3.19. The van der Waals surface area contributed by atoms with E-state index >= 15 is 0 Å². The van der Waals surface area contributed by atoms with Crippen LogP contribution in [0.5, 0.6) is 0 Å². The smallest absolute Gasteiger partial charge is 0.332 e. The number of halogens is 6. The molecule has 3 rings (SSSR count). The van der Waals surface area contributed by atoms with E-state index in [9.17, 15) is 31.1 Å². The lowest BCUT2D eigenvalue weighted by atomic mass is 10.1. The van der Waals surface area contributed by atoms with Gasteiger partial charge in [0.2, 0.25) is 0 Å². The van der Waals surface area contributed by atoms with Gasteiger partial charge in [-0.15, -0.1) is 11.3 Å². The van der Waals surface area contributed by atoms with Crippen LogP contribution in [0.2, 0.25) is 0 Å². The summed E-state index contributed by atoms with van der Waals surface area (Å²) in [5.41, 5.74) is -2.27. The molecule has 0 aliphatic rings. The Morgan fingerprint density at radius 3 is 1.80 bits per heavy atom. The van der Waals surface area contributed by atoms with Crippen LogP contribution in [0.1, 0.15) is 46.4 Å². The Morgan fingerprint density at radius 1 is 0.857 bits per heavy atom. The van der Waals surface area contributed by atoms with Crippen LogP contribution < -0.4 is 16.0 Å². The molecule has 3 aromatic rings. The normalized spacial score (nSPS) is 11.9. The van der Waals surface area contributed by atoms with Gasteiger partial charge in [0.05, 0.1) is 16.1 Å². The van der Waals surface area contributed by atoms with Gasteiger partial charge < -0.3 is 16.0 Å². The number of alkyl halides is 6. The van der Waals surface area contributed by atoms with Gasteiger partial charge in [-0.05, 0) is 54.7 Å². The highest BCUT2D eigenvalue weighted by Crippen LogP contribution is 2.37. The van der Waals surface area contributed by atoms with E-state index in [1.54, 1.807) is 17.5 Å². The first kappa shape index (κ1) is 26.4. The molecule has 3 N–H and O–H groups in total. The summed E-state index contributed by atoms with van der Waals surface area (Å²) < 4.78 is 78.1. The topological polar surface area (TPSA) is 66.0 Å². The second-order valence-electron chi connectivity index (χ2n) is 7.63. The number of thiocarbonyl (C=S) groups is 1. The third-order valence-electron chi connectivity index (χ3n) is 4.49. The van der Waals surface area contributed by atoms with Gasteiger partial charge in [-0.2, -0.15) is 26.3 Å². The summed E-state index contributed by atoms with van der Waals surface area (Å²) in [5, 5.41) is 9.96.